The van der Waals surface area contributed by atoms with E-state index >= 15 is 0 Å². The van der Waals surface area contributed by atoms with E-state index in [1.54, 1.807) is 0 Å². The molecule has 3 aliphatic rings. The molecular weight excluding hydrogens is 1030 g/mol. The molecule has 0 spiro atoms. The van der Waals surface area contributed by atoms with Crippen molar-refractivity contribution < 1.29 is 0 Å². The zero-order chi connectivity index (χ0) is 56.8. The first-order valence-electron chi connectivity index (χ1n) is 30.3. The molecule has 12 aromatic carbocycles. The van der Waals surface area contributed by atoms with Crippen molar-refractivity contribution in [2.75, 3.05) is 0 Å². The average Bonchev–Trinajstić information content (AvgIpc) is 1.84. The Balaban J connectivity index is 0.891. The van der Waals surface area contributed by atoms with Crippen molar-refractivity contribution in [2.24, 2.45) is 0 Å². The van der Waals surface area contributed by atoms with Crippen LogP contribution in [0.5, 0.6) is 0 Å². The summed E-state index contributed by atoms with van der Waals surface area (Å²) in [4.78, 5) is 0. The highest BCUT2D eigenvalue weighted by molar-refractivity contribution is 6.15. The Kier molecular flexibility index (Phi) is 9.76. The van der Waals surface area contributed by atoms with Gasteiger partial charge >= 0.3 is 0 Å². The van der Waals surface area contributed by atoms with E-state index in [2.05, 4.69) is 310 Å². The van der Waals surface area contributed by atoms with Gasteiger partial charge in [-0.1, -0.05) is 224 Å². The van der Waals surface area contributed by atoms with Gasteiger partial charge in [0.15, 0.2) is 0 Å². The molecule has 18 rings (SSSR count). The number of fused-ring (bicyclic) bond motifs is 15. The SMILES string of the molecule is CC1(C)c2cc(C(c3ccc4c(c3)C(C)(C)c3cc(-c5ccccc5)cc5c6ccccc6n-4c35)c3ccc4c(c3)C(C)(C)c3cc(-c5ccccc5)cc5c6ccccc6n-4c35)ccc2-n2c3ccccc3c3cc(-c4ccccc4)cc1c32. The minimum absolute atomic E-state index is 0.126. The van der Waals surface area contributed by atoms with E-state index in [0.29, 0.717) is 0 Å². The van der Waals surface area contributed by atoms with Crippen molar-refractivity contribution in [3.63, 3.8) is 0 Å². The average molecular weight is 1090 g/mol. The molecule has 0 amide bonds. The lowest BCUT2D eigenvalue weighted by Gasteiger charge is -2.38. The Morgan fingerprint density at radius 3 is 0.800 bits per heavy atom. The number of hydrogen-bond acceptors (Lipinski definition) is 0. The largest absolute Gasteiger partial charge is 0.309 e. The molecule has 0 aliphatic carbocycles. The molecule has 0 saturated carbocycles. The molecule has 3 aromatic heterocycles. The van der Waals surface area contributed by atoms with Crippen molar-refractivity contribution in [1.82, 2.24) is 13.7 Å². The topological polar surface area (TPSA) is 14.8 Å². The summed E-state index contributed by atoms with van der Waals surface area (Å²) in [5, 5.41) is 7.76. The van der Waals surface area contributed by atoms with E-state index in [1.165, 1.54) is 166 Å². The van der Waals surface area contributed by atoms with Crippen molar-refractivity contribution in [1.29, 1.82) is 0 Å². The van der Waals surface area contributed by atoms with Crippen LogP contribution < -0.4 is 0 Å². The standard InChI is InChI=1S/C82H61N3/c1-80(2)64-43-52(34-37-73(64)83-70-31-19-16-28-58(70)61-40-55(46-67(80)77(61)83)49-22-10-7-11-23-49)76(53-35-38-74-65(44-53)81(3,4)68-47-56(50-24-12-8-13-25-50)41-62-59-29-17-20-32-71(59)84(74)78(62)68)54-36-39-75-66(45-54)82(5,6)69-48-57(51-26-14-9-15-27-51)42-63-60-30-18-21-33-72(60)85(75)79(63)69/h7-48,76H,1-6H3. The van der Waals surface area contributed by atoms with Gasteiger partial charge in [0.05, 0.1) is 50.2 Å². The van der Waals surface area contributed by atoms with E-state index in [4.69, 9.17) is 0 Å². The Labute approximate surface area is 495 Å². The van der Waals surface area contributed by atoms with Crippen molar-refractivity contribution in [2.45, 2.75) is 63.7 Å². The third-order valence-electron chi connectivity index (χ3n) is 20.5. The summed E-state index contributed by atoms with van der Waals surface area (Å²) in [5.74, 6) is -0.126. The fourth-order valence-corrected chi connectivity index (χ4v) is 16.2. The quantitative estimate of drug-likeness (QED) is 0.147. The molecule has 0 saturated heterocycles. The number of hydrogen-bond donors (Lipinski definition) is 0. The third-order valence-corrected chi connectivity index (χ3v) is 20.5. The minimum atomic E-state index is -0.346. The lowest BCUT2D eigenvalue weighted by atomic mass is 9.70. The smallest absolute Gasteiger partial charge is 0.0582 e. The maximum Gasteiger partial charge on any atom is 0.0582 e. The van der Waals surface area contributed by atoms with Gasteiger partial charge in [-0.2, -0.15) is 0 Å². The van der Waals surface area contributed by atoms with Crippen LogP contribution in [0.15, 0.2) is 255 Å². The first-order valence-corrected chi connectivity index (χ1v) is 30.3. The molecule has 0 atom stereocenters. The van der Waals surface area contributed by atoms with Crippen LogP contribution in [0.2, 0.25) is 0 Å². The van der Waals surface area contributed by atoms with Crippen molar-refractivity contribution in [3.05, 3.63) is 305 Å². The maximum absolute atomic E-state index is 2.60. The number of nitrogens with zero attached hydrogens (tertiary/aromatic N) is 3. The molecule has 85 heavy (non-hydrogen) atoms. The molecule has 3 heteroatoms. The summed E-state index contributed by atoms with van der Waals surface area (Å²) in [6.07, 6.45) is 0. The normalized spacial score (nSPS) is 14.9. The predicted octanol–water partition coefficient (Wildman–Crippen LogP) is 21.1. The lowest BCUT2D eigenvalue weighted by Crippen LogP contribution is -2.28. The summed E-state index contributed by atoms with van der Waals surface area (Å²) < 4.78 is 7.72. The van der Waals surface area contributed by atoms with Gasteiger partial charge in [-0.25, -0.2) is 0 Å². The van der Waals surface area contributed by atoms with Crippen LogP contribution in [0.4, 0.5) is 0 Å². The second kappa shape index (κ2) is 17.1. The highest BCUT2D eigenvalue weighted by atomic mass is 15.0. The van der Waals surface area contributed by atoms with Gasteiger partial charge in [0.25, 0.3) is 0 Å². The minimum Gasteiger partial charge on any atom is -0.309 e. The van der Waals surface area contributed by atoms with E-state index in [0.717, 1.165) is 0 Å². The maximum atomic E-state index is 2.60. The van der Waals surface area contributed by atoms with Gasteiger partial charge in [-0.3, -0.25) is 0 Å². The third kappa shape index (κ3) is 6.56. The van der Waals surface area contributed by atoms with Gasteiger partial charge < -0.3 is 13.7 Å². The number of aromatic nitrogens is 3. The van der Waals surface area contributed by atoms with Crippen LogP contribution in [0.3, 0.4) is 0 Å². The van der Waals surface area contributed by atoms with Crippen LogP contribution in [-0.2, 0) is 16.2 Å². The van der Waals surface area contributed by atoms with Gasteiger partial charge in [0.2, 0.25) is 0 Å². The van der Waals surface area contributed by atoms with Crippen molar-refractivity contribution >= 4 is 65.4 Å². The summed E-state index contributed by atoms with van der Waals surface area (Å²) in [7, 11) is 0. The Morgan fingerprint density at radius 2 is 0.506 bits per heavy atom. The van der Waals surface area contributed by atoms with Crippen LogP contribution in [-0.4, -0.2) is 13.7 Å². The Bertz CT molecular complexity index is 4840. The van der Waals surface area contributed by atoms with Crippen LogP contribution in [0, 0.1) is 0 Å². The number of rotatable bonds is 6. The Hall–Kier alpha value is -9.96. The van der Waals surface area contributed by atoms with E-state index in [1.807, 2.05) is 0 Å². The van der Waals surface area contributed by atoms with E-state index < -0.39 is 0 Å². The highest BCUT2D eigenvalue weighted by Gasteiger charge is 2.41. The molecule has 0 bridgehead atoms. The number of benzene rings is 12. The Morgan fingerprint density at radius 1 is 0.235 bits per heavy atom. The first kappa shape index (κ1) is 48.6. The van der Waals surface area contributed by atoms with Crippen LogP contribution in [0.1, 0.15) is 97.5 Å². The zero-order valence-corrected chi connectivity index (χ0v) is 48.7. The molecule has 15 aromatic rings. The fourth-order valence-electron chi connectivity index (χ4n) is 16.2. The lowest BCUT2D eigenvalue weighted by molar-refractivity contribution is 0.625. The molecule has 0 unspecified atom stereocenters. The van der Waals surface area contributed by atoms with Gasteiger partial charge in [-0.15, -0.1) is 0 Å². The summed E-state index contributed by atoms with van der Waals surface area (Å²) in [6, 6.07) is 97.2. The first-order chi connectivity index (χ1) is 41.4. The molecule has 404 valence electrons. The van der Waals surface area contributed by atoms with Crippen LogP contribution >= 0.6 is 0 Å². The van der Waals surface area contributed by atoms with Gasteiger partial charge in [0.1, 0.15) is 0 Å². The molecule has 0 fully saturated rings. The predicted molar refractivity (Wildman–Crippen MR) is 356 cm³/mol. The summed E-state index contributed by atoms with van der Waals surface area (Å²) >= 11 is 0. The second-order valence-corrected chi connectivity index (χ2v) is 26.1. The van der Waals surface area contributed by atoms with Crippen molar-refractivity contribution in [3.8, 4) is 50.4 Å². The molecule has 3 aliphatic heterocycles. The molecule has 0 N–H and O–H groups in total. The monoisotopic (exact) mass is 1090 g/mol. The molecule has 6 heterocycles. The highest BCUT2D eigenvalue weighted by Crippen LogP contribution is 2.55. The summed E-state index contributed by atoms with van der Waals surface area (Å²) in [6.45, 7) is 14.8. The number of para-hydroxylation sites is 3. The van der Waals surface area contributed by atoms with E-state index in [9.17, 15) is 0 Å². The van der Waals surface area contributed by atoms with E-state index in [-0.39, 0.29) is 22.2 Å². The second-order valence-electron chi connectivity index (χ2n) is 26.1. The fraction of sp³-hybridized carbons (Fsp3) is 0.122. The summed E-state index contributed by atoms with van der Waals surface area (Å²) in [5.41, 5.74) is 29.7. The molecular formula is C82H61N3. The zero-order valence-electron chi connectivity index (χ0n) is 48.7. The van der Waals surface area contributed by atoms with Gasteiger partial charge in [-0.05, 0) is 156 Å². The van der Waals surface area contributed by atoms with Crippen LogP contribution in [0.25, 0.3) is 116 Å². The molecule has 0 radical (unpaired) electrons. The molecule has 3 nitrogen and oxygen atoms in total. The van der Waals surface area contributed by atoms with Gasteiger partial charge in [0, 0.05) is 54.5 Å².